The molecule has 0 fully saturated rings. The largest absolute Gasteiger partial charge is 0.508 e. The van der Waals surface area contributed by atoms with Gasteiger partial charge in [0.1, 0.15) is 34.0 Å². The summed E-state index contributed by atoms with van der Waals surface area (Å²) in [5.74, 6) is -0.660. The van der Waals surface area contributed by atoms with Crippen LogP contribution in [0.3, 0.4) is 0 Å². The molecule has 0 bridgehead atoms. The Kier molecular flexibility index (Phi) is 4.45. The highest BCUT2D eigenvalue weighted by molar-refractivity contribution is 5.87. The summed E-state index contributed by atoms with van der Waals surface area (Å²) in [6, 6.07) is 17.3. The SMILES string of the molecule is O=c1c(CNc2cccc(F)c2)c(-c2ccccc2)oc2cc(O)cc(O)c12. The van der Waals surface area contributed by atoms with Gasteiger partial charge in [0.2, 0.25) is 5.43 Å². The Morgan fingerprint density at radius 1 is 0.964 bits per heavy atom. The fourth-order valence-electron chi connectivity index (χ4n) is 3.09. The van der Waals surface area contributed by atoms with Crippen LogP contribution in [0.15, 0.2) is 75.9 Å². The second kappa shape index (κ2) is 7.08. The first kappa shape index (κ1) is 17.6. The summed E-state index contributed by atoms with van der Waals surface area (Å²) in [7, 11) is 0. The van der Waals surface area contributed by atoms with Gasteiger partial charge in [0, 0.05) is 29.9 Å². The highest BCUT2D eigenvalue weighted by Gasteiger charge is 2.19. The number of hydrogen-bond donors (Lipinski definition) is 3. The summed E-state index contributed by atoms with van der Waals surface area (Å²) in [5, 5.41) is 22.9. The van der Waals surface area contributed by atoms with E-state index in [1.54, 1.807) is 24.3 Å². The highest BCUT2D eigenvalue weighted by Crippen LogP contribution is 2.32. The zero-order chi connectivity index (χ0) is 19.7. The standard InChI is InChI=1S/C22H16FNO4/c23-14-7-4-8-15(9-14)24-12-17-21(27)20-18(26)10-16(25)11-19(20)28-22(17)13-5-2-1-3-6-13/h1-11,24-26H,12H2. The predicted octanol–water partition coefficient (Wildman–Crippen LogP) is 4.62. The first-order valence-corrected chi connectivity index (χ1v) is 8.59. The molecule has 0 aliphatic carbocycles. The summed E-state index contributed by atoms with van der Waals surface area (Å²) in [6.45, 7) is 0.0618. The maximum absolute atomic E-state index is 13.4. The quantitative estimate of drug-likeness (QED) is 0.483. The lowest BCUT2D eigenvalue weighted by atomic mass is 10.0. The molecular formula is C22H16FNO4. The number of aromatic hydroxyl groups is 2. The molecule has 0 amide bonds. The summed E-state index contributed by atoms with van der Waals surface area (Å²) in [5.41, 5.74) is 1.11. The second-order valence-electron chi connectivity index (χ2n) is 6.31. The van der Waals surface area contributed by atoms with Crippen molar-refractivity contribution in [3.8, 4) is 22.8 Å². The molecule has 0 atom stereocenters. The number of rotatable bonds is 4. The van der Waals surface area contributed by atoms with Crippen LogP contribution in [0.5, 0.6) is 11.5 Å². The number of phenols is 2. The Morgan fingerprint density at radius 2 is 1.75 bits per heavy atom. The Balaban J connectivity index is 1.89. The third kappa shape index (κ3) is 3.27. The van der Waals surface area contributed by atoms with E-state index >= 15 is 0 Å². The van der Waals surface area contributed by atoms with Crippen molar-refractivity contribution in [3.05, 3.63) is 88.3 Å². The van der Waals surface area contributed by atoms with Crippen LogP contribution in [0.1, 0.15) is 5.56 Å². The molecule has 3 aromatic carbocycles. The van der Waals surface area contributed by atoms with Gasteiger partial charge in [0.15, 0.2) is 0 Å². The van der Waals surface area contributed by atoms with Crippen LogP contribution >= 0.6 is 0 Å². The first-order chi connectivity index (χ1) is 13.5. The smallest absolute Gasteiger partial charge is 0.202 e. The first-order valence-electron chi connectivity index (χ1n) is 8.59. The van der Waals surface area contributed by atoms with Gasteiger partial charge < -0.3 is 19.9 Å². The molecule has 1 heterocycles. The minimum Gasteiger partial charge on any atom is -0.508 e. The number of fused-ring (bicyclic) bond motifs is 1. The molecule has 140 valence electrons. The lowest BCUT2D eigenvalue weighted by Gasteiger charge is -2.13. The van der Waals surface area contributed by atoms with Crippen molar-refractivity contribution in [3.63, 3.8) is 0 Å². The number of phenolic OH excluding ortho intramolecular Hbond substituents is 2. The zero-order valence-electron chi connectivity index (χ0n) is 14.6. The van der Waals surface area contributed by atoms with Gasteiger partial charge in [-0.2, -0.15) is 0 Å². The molecule has 0 aliphatic heterocycles. The monoisotopic (exact) mass is 377 g/mol. The number of anilines is 1. The fourth-order valence-corrected chi connectivity index (χ4v) is 3.09. The van der Waals surface area contributed by atoms with E-state index in [4.69, 9.17) is 4.42 Å². The van der Waals surface area contributed by atoms with E-state index in [0.29, 0.717) is 17.0 Å². The minimum absolute atomic E-state index is 0.0199. The average Bonchev–Trinajstić information content (AvgIpc) is 2.67. The molecule has 0 spiro atoms. The summed E-state index contributed by atoms with van der Waals surface area (Å²) in [6.07, 6.45) is 0. The summed E-state index contributed by atoms with van der Waals surface area (Å²) < 4.78 is 19.3. The third-order valence-corrected chi connectivity index (χ3v) is 4.38. The number of halogens is 1. The summed E-state index contributed by atoms with van der Waals surface area (Å²) in [4.78, 5) is 13.1. The molecule has 4 aromatic rings. The fraction of sp³-hybridized carbons (Fsp3) is 0.0455. The van der Waals surface area contributed by atoms with Crippen molar-refractivity contribution in [2.75, 3.05) is 5.32 Å². The molecule has 0 saturated carbocycles. The topological polar surface area (TPSA) is 82.7 Å². The normalized spacial score (nSPS) is 10.9. The molecule has 4 rings (SSSR count). The minimum atomic E-state index is -0.429. The summed E-state index contributed by atoms with van der Waals surface area (Å²) >= 11 is 0. The van der Waals surface area contributed by atoms with Gasteiger partial charge in [-0.05, 0) is 18.2 Å². The van der Waals surface area contributed by atoms with Crippen molar-refractivity contribution in [2.45, 2.75) is 6.54 Å². The maximum Gasteiger partial charge on any atom is 0.202 e. The van der Waals surface area contributed by atoms with Crippen molar-refractivity contribution in [1.82, 2.24) is 0 Å². The van der Waals surface area contributed by atoms with E-state index in [1.807, 2.05) is 18.2 Å². The molecule has 0 radical (unpaired) electrons. The van der Waals surface area contributed by atoms with Crippen LogP contribution in [0.25, 0.3) is 22.3 Å². The Bertz CT molecular complexity index is 1220. The Hall–Kier alpha value is -3.80. The van der Waals surface area contributed by atoms with Crippen molar-refractivity contribution < 1.29 is 19.0 Å². The van der Waals surface area contributed by atoms with E-state index in [0.717, 1.165) is 6.07 Å². The van der Waals surface area contributed by atoms with Gasteiger partial charge in [0.25, 0.3) is 0 Å². The van der Waals surface area contributed by atoms with Crippen molar-refractivity contribution in [1.29, 1.82) is 0 Å². The lowest BCUT2D eigenvalue weighted by molar-refractivity contribution is 0.452. The number of hydrogen-bond acceptors (Lipinski definition) is 5. The zero-order valence-corrected chi connectivity index (χ0v) is 14.6. The highest BCUT2D eigenvalue weighted by atomic mass is 19.1. The van der Waals surface area contributed by atoms with Gasteiger partial charge in [0.05, 0.1) is 5.56 Å². The van der Waals surface area contributed by atoms with Crippen molar-refractivity contribution >= 4 is 16.7 Å². The molecule has 0 unspecified atom stereocenters. The van der Waals surface area contributed by atoms with Crippen LogP contribution in [-0.4, -0.2) is 10.2 Å². The van der Waals surface area contributed by atoms with E-state index < -0.39 is 11.2 Å². The van der Waals surface area contributed by atoms with Crippen LogP contribution in [0.2, 0.25) is 0 Å². The molecule has 1 aromatic heterocycles. The second-order valence-corrected chi connectivity index (χ2v) is 6.31. The number of benzene rings is 3. The van der Waals surface area contributed by atoms with E-state index in [1.165, 1.54) is 18.2 Å². The molecule has 3 N–H and O–H groups in total. The van der Waals surface area contributed by atoms with Crippen LogP contribution in [0.4, 0.5) is 10.1 Å². The van der Waals surface area contributed by atoms with E-state index in [9.17, 15) is 19.4 Å². The maximum atomic E-state index is 13.4. The van der Waals surface area contributed by atoms with E-state index in [-0.39, 0.29) is 34.6 Å². The average molecular weight is 377 g/mol. The van der Waals surface area contributed by atoms with Crippen LogP contribution in [0, 0.1) is 5.82 Å². The van der Waals surface area contributed by atoms with Gasteiger partial charge in [-0.25, -0.2) is 4.39 Å². The van der Waals surface area contributed by atoms with E-state index in [2.05, 4.69) is 5.32 Å². The van der Waals surface area contributed by atoms with Crippen LogP contribution in [-0.2, 0) is 6.54 Å². The third-order valence-electron chi connectivity index (χ3n) is 4.38. The number of nitrogens with one attached hydrogen (secondary N) is 1. The van der Waals surface area contributed by atoms with Gasteiger partial charge in [-0.3, -0.25) is 4.79 Å². The molecule has 6 heteroatoms. The lowest BCUT2D eigenvalue weighted by Crippen LogP contribution is -2.15. The van der Waals surface area contributed by atoms with Gasteiger partial charge >= 0.3 is 0 Å². The van der Waals surface area contributed by atoms with Gasteiger partial charge in [-0.15, -0.1) is 0 Å². The van der Waals surface area contributed by atoms with Crippen molar-refractivity contribution in [2.24, 2.45) is 0 Å². The molecule has 0 aliphatic rings. The molecule has 0 saturated heterocycles. The Labute approximate surface area is 159 Å². The van der Waals surface area contributed by atoms with Crippen LogP contribution < -0.4 is 10.7 Å². The Morgan fingerprint density at radius 3 is 2.50 bits per heavy atom. The molecule has 28 heavy (non-hydrogen) atoms. The predicted molar refractivity (Wildman–Crippen MR) is 105 cm³/mol. The molecule has 5 nitrogen and oxygen atoms in total. The van der Waals surface area contributed by atoms with Gasteiger partial charge in [-0.1, -0.05) is 36.4 Å². The molecular weight excluding hydrogens is 361 g/mol.